The van der Waals surface area contributed by atoms with Crippen LogP contribution in [-0.4, -0.2) is 55.1 Å². The number of anilines is 1. The van der Waals surface area contributed by atoms with Crippen molar-refractivity contribution in [3.05, 3.63) is 48.5 Å². The van der Waals surface area contributed by atoms with Gasteiger partial charge in [0.05, 0.1) is 18.6 Å². The molecule has 1 aromatic heterocycles. The standard InChI is InChI=1S/C22H24N4O6S/c1-3-31-17-8-6-15(7-9-17)21-24-25-22(32-21)23-20(27)19-5-4-14-26(19)33(28,29)18-12-10-16(30-2)11-13-18/h6-13,19H,3-5,14H2,1-2H3,(H,23,25,27). The summed E-state index contributed by atoms with van der Waals surface area (Å²) in [6, 6.07) is 12.2. The first-order valence-electron chi connectivity index (χ1n) is 10.5. The number of methoxy groups -OCH3 is 1. The third kappa shape index (κ3) is 4.83. The van der Waals surface area contributed by atoms with Gasteiger partial charge in [-0.05, 0) is 68.3 Å². The van der Waals surface area contributed by atoms with Crippen LogP contribution in [0.15, 0.2) is 57.8 Å². The molecule has 3 aromatic rings. The summed E-state index contributed by atoms with van der Waals surface area (Å²) in [4.78, 5) is 13.0. The second-order valence-corrected chi connectivity index (χ2v) is 9.20. The van der Waals surface area contributed by atoms with E-state index in [1.54, 1.807) is 36.4 Å². The highest BCUT2D eigenvalue weighted by Gasteiger charge is 2.40. The summed E-state index contributed by atoms with van der Waals surface area (Å²) in [5.74, 6) is 0.965. The molecule has 1 unspecified atom stereocenters. The number of hydrogen-bond acceptors (Lipinski definition) is 8. The lowest BCUT2D eigenvalue weighted by molar-refractivity contribution is -0.119. The van der Waals surface area contributed by atoms with Crippen molar-refractivity contribution in [3.8, 4) is 23.0 Å². The number of carbonyl (C=O) groups excluding carboxylic acids is 1. The third-order valence-electron chi connectivity index (χ3n) is 5.24. The van der Waals surface area contributed by atoms with E-state index in [4.69, 9.17) is 13.9 Å². The Morgan fingerprint density at radius 3 is 2.48 bits per heavy atom. The quantitative estimate of drug-likeness (QED) is 0.531. The summed E-state index contributed by atoms with van der Waals surface area (Å²) in [6.07, 6.45) is 0.954. The molecular formula is C22H24N4O6S. The number of amides is 1. The normalized spacial score (nSPS) is 16.5. The van der Waals surface area contributed by atoms with Crippen LogP contribution in [0.25, 0.3) is 11.5 Å². The molecule has 33 heavy (non-hydrogen) atoms. The van der Waals surface area contributed by atoms with Gasteiger partial charge in [0.25, 0.3) is 0 Å². The third-order valence-corrected chi connectivity index (χ3v) is 7.16. The van der Waals surface area contributed by atoms with E-state index in [0.717, 1.165) is 0 Å². The molecule has 0 aliphatic carbocycles. The Bertz CT molecular complexity index is 1210. The van der Waals surface area contributed by atoms with Gasteiger partial charge in [0.15, 0.2) is 0 Å². The molecule has 174 valence electrons. The number of aromatic nitrogens is 2. The lowest BCUT2D eigenvalue weighted by atomic mass is 10.2. The first kappa shape index (κ1) is 22.7. The number of nitrogens with one attached hydrogen (secondary N) is 1. The van der Waals surface area contributed by atoms with Gasteiger partial charge in [0, 0.05) is 12.1 Å². The number of hydrogen-bond donors (Lipinski definition) is 1. The Labute approximate surface area is 191 Å². The predicted octanol–water partition coefficient (Wildman–Crippen LogP) is 2.94. The molecule has 1 aliphatic heterocycles. The summed E-state index contributed by atoms with van der Waals surface area (Å²) < 4.78 is 43.5. The van der Waals surface area contributed by atoms with Crippen LogP contribution in [0.4, 0.5) is 6.01 Å². The van der Waals surface area contributed by atoms with Crippen molar-refractivity contribution in [2.24, 2.45) is 0 Å². The Hall–Kier alpha value is -3.44. The van der Waals surface area contributed by atoms with Gasteiger partial charge in [-0.3, -0.25) is 10.1 Å². The SMILES string of the molecule is CCOc1ccc(-c2nnc(NC(=O)C3CCCN3S(=O)(=O)c3ccc(OC)cc3)o2)cc1. The van der Waals surface area contributed by atoms with E-state index in [1.165, 1.54) is 23.5 Å². The molecule has 1 amide bonds. The van der Waals surface area contributed by atoms with Gasteiger partial charge in [0.2, 0.25) is 21.8 Å². The minimum atomic E-state index is -3.86. The van der Waals surface area contributed by atoms with Gasteiger partial charge < -0.3 is 13.9 Å². The lowest BCUT2D eigenvalue weighted by Crippen LogP contribution is -2.43. The number of rotatable bonds is 8. The van der Waals surface area contributed by atoms with Crippen molar-refractivity contribution in [2.45, 2.75) is 30.7 Å². The summed E-state index contributed by atoms with van der Waals surface area (Å²) in [5, 5.41) is 10.4. The van der Waals surface area contributed by atoms with Crippen LogP contribution >= 0.6 is 0 Å². The van der Waals surface area contributed by atoms with E-state index in [-0.39, 0.29) is 23.3 Å². The second kappa shape index (κ2) is 9.59. The fourth-order valence-electron chi connectivity index (χ4n) is 3.61. The number of ether oxygens (including phenoxy) is 2. The fourth-order valence-corrected chi connectivity index (χ4v) is 5.27. The van der Waals surface area contributed by atoms with E-state index in [2.05, 4.69) is 15.5 Å². The van der Waals surface area contributed by atoms with Crippen LogP contribution in [0.2, 0.25) is 0 Å². The van der Waals surface area contributed by atoms with E-state index in [1.807, 2.05) is 6.92 Å². The highest BCUT2D eigenvalue weighted by atomic mass is 32.2. The van der Waals surface area contributed by atoms with Gasteiger partial charge in [-0.1, -0.05) is 5.10 Å². The molecule has 4 rings (SSSR count). The molecule has 10 nitrogen and oxygen atoms in total. The van der Waals surface area contributed by atoms with E-state index < -0.39 is 22.0 Å². The second-order valence-electron chi connectivity index (χ2n) is 7.31. The van der Waals surface area contributed by atoms with Crippen LogP contribution < -0.4 is 14.8 Å². The van der Waals surface area contributed by atoms with Crippen molar-refractivity contribution < 1.29 is 27.1 Å². The van der Waals surface area contributed by atoms with Crippen molar-refractivity contribution in [1.82, 2.24) is 14.5 Å². The zero-order chi connectivity index (χ0) is 23.4. The summed E-state index contributed by atoms with van der Waals surface area (Å²) in [6.45, 7) is 2.70. The Kier molecular flexibility index (Phi) is 6.61. The minimum Gasteiger partial charge on any atom is -0.497 e. The molecular weight excluding hydrogens is 448 g/mol. The summed E-state index contributed by atoms with van der Waals surface area (Å²) in [5.41, 5.74) is 0.663. The molecule has 0 saturated carbocycles. The largest absolute Gasteiger partial charge is 0.497 e. The fraction of sp³-hybridized carbons (Fsp3) is 0.318. The predicted molar refractivity (Wildman–Crippen MR) is 119 cm³/mol. The first-order chi connectivity index (χ1) is 15.9. The highest BCUT2D eigenvalue weighted by molar-refractivity contribution is 7.89. The monoisotopic (exact) mass is 472 g/mol. The van der Waals surface area contributed by atoms with Crippen LogP contribution in [0.1, 0.15) is 19.8 Å². The van der Waals surface area contributed by atoms with E-state index >= 15 is 0 Å². The number of nitrogens with zero attached hydrogens (tertiary/aromatic N) is 3. The Morgan fingerprint density at radius 1 is 1.12 bits per heavy atom. The van der Waals surface area contributed by atoms with Crippen molar-refractivity contribution >= 4 is 21.9 Å². The van der Waals surface area contributed by atoms with Crippen LogP contribution in [0.3, 0.4) is 0 Å². The van der Waals surface area contributed by atoms with Crippen molar-refractivity contribution in [2.75, 3.05) is 25.6 Å². The molecule has 0 radical (unpaired) electrons. The molecule has 1 fully saturated rings. The molecule has 1 N–H and O–H groups in total. The van der Waals surface area contributed by atoms with Crippen LogP contribution in [-0.2, 0) is 14.8 Å². The maximum Gasteiger partial charge on any atom is 0.322 e. The first-order valence-corrected chi connectivity index (χ1v) is 11.9. The van der Waals surface area contributed by atoms with Crippen molar-refractivity contribution in [1.29, 1.82) is 0 Å². The summed E-state index contributed by atoms with van der Waals surface area (Å²) >= 11 is 0. The topological polar surface area (TPSA) is 124 Å². The molecule has 2 heterocycles. The molecule has 2 aromatic carbocycles. The van der Waals surface area contributed by atoms with Gasteiger partial charge in [-0.25, -0.2) is 8.42 Å². The molecule has 0 spiro atoms. The van der Waals surface area contributed by atoms with Gasteiger partial charge in [-0.2, -0.15) is 4.31 Å². The molecule has 11 heteroatoms. The highest BCUT2D eigenvalue weighted by Crippen LogP contribution is 2.28. The number of sulfonamides is 1. The smallest absolute Gasteiger partial charge is 0.322 e. The number of carbonyl (C=O) groups is 1. The Balaban J connectivity index is 1.46. The molecule has 1 saturated heterocycles. The maximum atomic E-state index is 13.1. The van der Waals surface area contributed by atoms with Gasteiger partial charge >= 0.3 is 6.01 Å². The van der Waals surface area contributed by atoms with Crippen molar-refractivity contribution in [3.63, 3.8) is 0 Å². The zero-order valence-corrected chi connectivity index (χ0v) is 19.0. The lowest BCUT2D eigenvalue weighted by Gasteiger charge is -2.22. The average Bonchev–Trinajstić information content (AvgIpc) is 3.50. The molecule has 0 bridgehead atoms. The zero-order valence-electron chi connectivity index (χ0n) is 18.2. The van der Waals surface area contributed by atoms with Gasteiger partial charge in [-0.15, -0.1) is 5.10 Å². The maximum absolute atomic E-state index is 13.1. The number of benzene rings is 2. The average molecular weight is 473 g/mol. The minimum absolute atomic E-state index is 0.0959. The van der Waals surface area contributed by atoms with E-state index in [0.29, 0.717) is 36.5 Å². The van der Waals surface area contributed by atoms with Crippen LogP contribution in [0, 0.1) is 0 Å². The van der Waals surface area contributed by atoms with E-state index in [9.17, 15) is 13.2 Å². The molecule has 1 aliphatic rings. The van der Waals surface area contributed by atoms with Crippen LogP contribution in [0.5, 0.6) is 11.5 Å². The summed E-state index contributed by atoms with van der Waals surface area (Å²) in [7, 11) is -2.36. The Morgan fingerprint density at radius 2 is 1.82 bits per heavy atom. The van der Waals surface area contributed by atoms with Gasteiger partial charge in [0.1, 0.15) is 17.5 Å². The molecule has 1 atom stereocenters.